The molecule has 0 aromatic carbocycles. The Morgan fingerprint density at radius 3 is 2.26 bits per heavy atom. The molecular formula is C17H30N2. The van der Waals surface area contributed by atoms with E-state index in [0.29, 0.717) is 0 Å². The summed E-state index contributed by atoms with van der Waals surface area (Å²) in [5, 5.41) is 3.64. The molecule has 4 bridgehead atoms. The van der Waals surface area contributed by atoms with Crippen LogP contribution in [0.4, 0.5) is 0 Å². The minimum Gasteiger partial charge on any atom is -0.313 e. The van der Waals surface area contributed by atoms with Crippen molar-refractivity contribution in [3.8, 4) is 0 Å². The van der Waals surface area contributed by atoms with E-state index in [9.17, 15) is 0 Å². The highest BCUT2D eigenvalue weighted by molar-refractivity contribution is 5.02. The second-order valence-electron chi connectivity index (χ2n) is 8.34. The Bertz CT molecular complexity index is 303. The van der Waals surface area contributed by atoms with Crippen molar-refractivity contribution in [3.05, 3.63) is 0 Å². The normalized spacial score (nSPS) is 50.4. The first kappa shape index (κ1) is 12.6. The van der Waals surface area contributed by atoms with Crippen LogP contribution in [0.2, 0.25) is 0 Å². The third kappa shape index (κ3) is 2.47. The van der Waals surface area contributed by atoms with Gasteiger partial charge in [0.2, 0.25) is 0 Å². The first-order valence-electron chi connectivity index (χ1n) is 8.66. The zero-order valence-electron chi connectivity index (χ0n) is 12.5. The van der Waals surface area contributed by atoms with Crippen molar-refractivity contribution in [1.29, 1.82) is 0 Å². The van der Waals surface area contributed by atoms with Gasteiger partial charge in [-0.2, -0.15) is 0 Å². The lowest BCUT2D eigenvalue weighted by molar-refractivity contribution is -0.0684. The molecule has 19 heavy (non-hydrogen) atoms. The lowest BCUT2D eigenvalue weighted by Gasteiger charge is -2.58. The number of hydrogen-bond acceptors (Lipinski definition) is 2. The van der Waals surface area contributed by atoms with Crippen LogP contribution in [0, 0.1) is 23.2 Å². The average molecular weight is 262 g/mol. The Morgan fingerprint density at radius 2 is 1.63 bits per heavy atom. The summed E-state index contributed by atoms with van der Waals surface area (Å²) >= 11 is 0. The van der Waals surface area contributed by atoms with Crippen molar-refractivity contribution >= 4 is 0 Å². The van der Waals surface area contributed by atoms with Crippen LogP contribution in [0.25, 0.3) is 0 Å². The number of hydrogen-bond donors (Lipinski definition) is 1. The van der Waals surface area contributed by atoms with Crippen LogP contribution in [-0.4, -0.2) is 37.1 Å². The maximum atomic E-state index is 3.64. The minimum atomic E-state index is 0.723. The molecule has 1 heterocycles. The monoisotopic (exact) mass is 262 g/mol. The van der Waals surface area contributed by atoms with Crippen molar-refractivity contribution in [2.45, 2.75) is 57.9 Å². The summed E-state index contributed by atoms with van der Waals surface area (Å²) in [7, 11) is 0. The van der Waals surface area contributed by atoms with Gasteiger partial charge in [0.25, 0.3) is 0 Å². The first-order chi connectivity index (χ1) is 9.21. The fourth-order valence-electron chi connectivity index (χ4n) is 6.18. The fourth-order valence-corrected chi connectivity index (χ4v) is 6.18. The number of nitrogens with one attached hydrogen (secondary N) is 1. The molecule has 1 unspecified atom stereocenters. The van der Waals surface area contributed by atoms with E-state index in [-0.39, 0.29) is 0 Å². The van der Waals surface area contributed by atoms with Crippen molar-refractivity contribution in [1.82, 2.24) is 10.2 Å². The molecular weight excluding hydrogens is 232 g/mol. The molecule has 0 aromatic rings. The van der Waals surface area contributed by atoms with Gasteiger partial charge in [0, 0.05) is 25.7 Å². The average Bonchev–Trinajstić information content (AvgIpc) is 2.52. The van der Waals surface area contributed by atoms with Crippen molar-refractivity contribution in [2.24, 2.45) is 23.2 Å². The summed E-state index contributed by atoms with van der Waals surface area (Å²) in [6.07, 6.45) is 10.8. The first-order valence-corrected chi connectivity index (χ1v) is 8.66. The largest absolute Gasteiger partial charge is 0.313 e. The standard InChI is InChI=1S/C17H30N2/c1-13-2-4-19(5-3-18-13)12-17-9-14-6-15(10-17)8-16(7-14)11-17/h13-16,18H,2-12H2,1H3. The van der Waals surface area contributed by atoms with Crippen molar-refractivity contribution < 1.29 is 0 Å². The quantitative estimate of drug-likeness (QED) is 0.823. The summed E-state index contributed by atoms with van der Waals surface area (Å²) in [5.41, 5.74) is 0.738. The molecule has 5 rings (SSSR count). The Kier molecular flexibility index (Phi) is 3.15. The summed E-state index contributed by atoms with van der Waals surface area (Å²) in [5.74, 6) is 3.32. The molecule has 1 aliphatic heterocycles. The van der Waals surface area contributed by atoms with E-state index >= 15 is 0 Å². The van der Waals surface area contributed by atoms with Gasteiger partial charge >= 0.3 is 0 Å². The summed E-state index contributed by atoms with van der Waals surface area (Å²) in [4.78, 5) is 2.80. The van der Waals surface area contributed by atoms with E-state index < -0.39 is 0 Å². The Morgan fingerprint density at radius 1 is 1.00 bits per heavy atom. The summed E-state index contributed by atoms with van der Waals surface area (Å²) in [6, 6.07) is 0.723. The lowest BCUT2D eigenvalue weighted by atomic mass is 9.49. The van der Waals surface area contributed by atoms with Crippen LogP contribution in [0.5, 0.6) is 0 Å². The highest BCUT2D eigenvalue weighted by Gasteiger charge is 2.51. The summed E-state index contributed by atoms with van der Waals surface area (Å²) in [6.45, 7) is 7.58. The topological polar surface area (TPSA) is 15.3 Å². The summed E-state index contributed by atoms with van der Waals surface area (Å²) < 4.78 is 0. The molecule has 4 saturated carbocycles. The third-order valence-electron chi connectivity index (χ3n) is 6.52. The van der Waals surface area contributed by atoms with Crippen molar-refractivity contribution in [3.63, 3.8) is 0 Å². The minimum absolute atomic E-state index is 0.723. The lowest BCUT2D eigenvalue weighted by Crippen LogP contribution is -2.51. The number of nitrogens with zero attached hydrogens (tertiary/aromatic N) is 1. The van der Waals surface area contributed by atoms with E-state index in [0.717, 1.165) is 29.2 Å². The molecule has 5 fully saturated rings. The van der Waals surface area contributed by atoms with Gasteiger partial charge in [-0.05, 0) is 81.6 Å². The van der Waals surface area contributed by atoms with Crippen LogP contribution in [0.3, 0.4) is 0 Å². The van der Waals surface area contributed by atoms with Crippen LogP contribution in [-0.2, 0) is 0 Å². The second-order valence-corrected chi connectivity index (χ2v) is 8.34. The molecule has 0 aromatic heterocycles. The van der Waals surface area contributed by atoms with Gasteiger partial charge in [-0.3, -0.25) is 0 Å². The van der Waals surface area contributed by atoms with Crippen LogP contribution < -0.4 is 5.32 Å². The van der Waals surface area contributed by atoms with Crippen LogP contribution >= 0.6 is 0 Å². The Hall–Kier alpha value is -0.0800. The van der Waals surface area contributed by atoms with E-state index in [1.54, 1.807) is 38.5 Å². The van der Waals surface area contributed by atoms with E-state index in [1.807, 2.05) is 0 Å². The molecule has 2 nitrogen and oxygen atoms in total. The molecule has 2 heteroatoms. The van der Waals surface area contributed by atoms with Gasteiger partial charge in [0.1, 0.15) is 0 Å². The Labute approximate surface area is 118 Å². The molecule has 0 amide bonds. The molecule has 5 aliphatic rings. The van der Waals surface area contributed by atoms with E-state index in [1.165, 1.54) is 32.6 Å². The fraction of sp³-hybridized carbons (Fsp3) is 1.00. The maximum Gasteiger partial charge on any atom is 0.0107 e. The van der Waals surface area contributed by atoms with Crippen LogP contribution in [0.1, 0.15) is 51.9 Å². The molecule has 4 aliphatic carbocycles. The Balaban J connectivity index is 1.44. The van der Waals surface area contributed by atoms with Gasteiger partial charge < -0.3 is 10.2 Å². The predicted molar refractivity (Wildman–Crippen MR) is 79.1 cm³/mol. The molecule has 108 valence electrons. The predicted octanol–water partition coefficient (Wildman–Crippen LogP) is 2.89. The molecule has 0 spiro atoms. The molecule has 1 saturated heterocycles. The van der Waals surface area contributed by atoms with E-state index in [2.05, 4.69) is 17.1 Å². The highest BCUT2D eigenvalue weighted by atomic mass is 15.2. The smallest absolute Gasteiger partial charge is 0.0107 e. The zero-order valence-corrected chi connectivity index (χ0v) is 12.5. The van der Waals surface area contributed by atoms with Gasteiger partial charge in [0.15, 0.2) is 0 Å². The highest BCUT2D eigenvalue weighted by Crippen LogP contribution is 2.60. The molecule has 0 radical (unpaired) electrons. The molecule has 1 atom stereocenters. The van der Waals surface area contributed by atoms with Gasteiger partial charge in [-0.15, -0.1) is 0 Å². The van der Waals surface area contributed by atoms with Gasteiger partial charge in [-0.25, -0.2) is 0 Å². The van der Waals surface area contributed by atoms with Gasteiger partial charge in [0.05, 0.1) is 0 Å². The van der Waals surface area contributed by atoms with Gasteiger partial charge in [-0.1, -0.05) is 0 Å². The van der Waals surface area contributed by atoms with Crippen molar-refractivity contribution in [2.75, 3.05) is 26.2 Å². The SMILES string of the molecule is CC1CCN(CC23CC4CC(CC(C4)C2)C3)CCN1. The van der Waals surface area contributed by atoms with Crippen LogP contribution in [0.15, 0.2) is 0 Å². The molecule has 1 N–H and O–H groups in total. The third-order valence-corrected chi connectivity index (χ3v) is 6.52. The van der Waals surface area contributed by atoms with E-state index in [4.69, 9.17) is 0 Å². The zero-order chi connectivity index (χ0) is 12.9. The maximum absolute atomic E-state index is 3.64. The number of rotatable bonds is 2. The second kappa shape index (κ2) is 4.73.